The molecule has 0 aromatic carbocycles. The van der Waals surface area contributed by atoms with Crippen LogP contribution >= 0.6 is 0 Å². The predicted molar refractivity (Wildman–Crippen MR) is 84.8 cm³/mol. The quantitative estimate of drug-likeness (QED) is 0.179. The Labute approximate surface area is 168 Å². The summed E-state index contributed by atoms with van der Waals surface area (Å²) in [7, 11) is -7.52. The SMILES string of the molecule is C=CCNCC=C.CCC(F)(F)C(F)(F)C(F)(F)C(F)(F)C(F)(F)C(F)(F)S(=O)(=O)O. The van der Waals surface area contributed by atoms with Crippen LogP contribution in [0.2, 0.25) is 0 Å². The lowest BCUT2D eigenvalue weighted by molar-refractivity contribution is -0.417. The standard InChI is InChI=1S/C8H6F12O3S.C6H11N/c1-2-3(9,10)4(11,12)5(13,14)6(15,16)7(17,18)8(19,20)24(21,22)23;1-3-5-7-6-4-2/h2H2,1H3,(H,21,22,23);3-4,7H,1-2,5-6H2. The molecule has 0 aliphatic heterocycles. The smallest absolute Gasteiger partial charge is 0.310 e. The highest BCUT2D eigenvalue weighted by Gasteiger charge is 2.91. The molecule has 0 unspecified atom stereocenters. The summed E-state index contributed by atoms with van der Waals surface area (Å²) in [5, 5.41) is -4.35. The van der Waals surface area contributed by atoms with E-state index in [-0.39, 0.29) is 6.92 Å². The van der Waals surface area contributed by atoms with Crippen molar-refractivity contribution in [3.63, 3.8) is 0 Å². The van der Waals surface area contributed by atoms with Crippen LogP contribution in [0.1, 0.15) is 13.3 Å². The molecule has 0 saturated heterocycles. The van der Waals surface area contributed by atoms with E-state index in [1.807, 2.05) is 12.2 Å². The van der Waals surface area contributed by atoms with Gasteiger partial charge in [0.25, 0.3) is 0 Å². The molecule has 0 amide bonds. The fourth-order valence-electron chi connectivity index (χ4n) is 1.48. The molecule has 0 rings (SSSR count). The van der Waals surface area contributed by atoms with Gasteiger partial charge in [-0.2, -0.15) is 61.1 Å². The summed E-state index contributed by atoms with van der Waals surface area (Å²) in [6.07, 6.45) is 1.36. The minimum absolute atomic E-state index is 0.0626. The summed E-state index contributed by atoms with van der Waals surface area (Å²) < 4.78 is 182. The Morgan fingerprint density at radius 2 is 1.06 bits per heavy atom. The minimum Gasteiger partial charge on any atom is -0.310 e. The first-order valence-corrected chi connectivity index (χ1v) is 9.08. The van der Waals surface area contributed by atoms with Crippen LogP contribution in [0.5, 0.6) is 0 Å². The first kappa shape index (κ1) is 31.7. The van der Waals surface area contributed by atoms with E-state index in [2.05, 4.69) is 18.5 Å². The van der Waals surface area contributed by atoms with Gasteiger partial charge in [0.1, 0.15) is 0 Å². The van der Waals surface area contributed by atoms with Gasteiger partial charge in [0.2, 0.25) is 0 Å². The van der Waals surface area contributed by atoms with Crippen molar-refractivity contribution in [3.05, 3.63) is 25.3 Å². The molecule has 17 heteroatoms. The van der Waals surface area contributed by atoms with Gasteiger partial charge in [-0.25, -0.2) is 0 Å². The highest BCUT2D eigenvalue weighted by Crippen LogP contribution is 2.61. The second-order valence-corrected chi connectivity index (χ2v) is 7.05. The zero-order valence-electron chi connectivity index (χ0n) is 15.4. The third kappa shape index (κ3) is 5.66. The molecule has 0 heterocycles. The largest absolute Gasteiger partial charge is 0.438 e. The molecule has 4 nitrogen and oxygen atoms in total. The fourth-order valence-corrected chi connectivity index (χ4v) is 1.93. The number of hydrogen-bond donors (Lipinski definition) is 2. The van der Waals surface area contributed by atoms with E-state index in [1.165, 1.54) is 0 Å². The third-order valence-electron chi connectivity index (χ3n) is 3.35. The molecular weight excluding hydrogens is 490 g/mol. The van der Waals surface area contributed by atoms with Gasteiger partial charge in [0.05, 0.1) is 0 Å². The lowest BCUT2D eigenvalue weighted by atomic mass is 9.93. The van der Waals surface area contributed by atoms with Crippen LogP contribution in [0, 0.1) is 0 Å². The molecule has 0 aliphatic rings. The van der Waals surface area contributed by atoms with E-state index in [0.29, 0.717) is 0 Å². The Balaban J connectivity index is 0. The maximum Gasteiger partial charge on any atom is 0.438 e. The first-order chi connectivity index (χ1) is 13.5. The molecule has 31 heavy (non-hydrogen) atoms. The molecule has 0 spiro atoms. The normalized spacial score (nSPS) is 14.5. The van der Waals surface area contributed by atoms with Gasteiger partial charge in [-0.3, -0.25) is 4.55 Å². The Morgan fingerprint density at radius 3 is 1.32 bits per heavy atom. The summed E-state index contributed by atoms with van der Waals surface area (Å²) in [5.41, 5.74) is 0. The fraction of sp³-hybridized carbons (Fsp3) is 0.714. The van der Waals surface area contributed by atoms with Crippen molar-refractivity contribution in [2.75, 3.05) is 13.1 Å². The van der Waals surface area contributed by atoms with Crippen molar-refractivity contribution in [2.24, 2.45) is 0 Å². The molecule has 0 aliphatic carbocycles. The van der Waals surface area contributed by atoms with Crippen LogP contribution in [0.25, 0.3) is 0 Å². The molecule has 0 aromatic rings. The molecular formula is C14H17F12NO3S. The van der Waals surface area contributed by atoms with Gasteiger partial charge in [0.15, 0.2) is 0 Å². The topological polar surface area (TPSA) is 66.4 Å². The van der Waals surface area contributed by atoms with Gasteiger partial charge >= 0.3 is 45.0 Å². The van der Waals surface area contributed by atoms with Gasteiger partial charge in [-0.1, -0.05) is 19.1 Å². The maximum atomic E-state index is 13.0. The van der Waals surface area contributed by atoms with E-state index in [1.54, 1.807) is 0 Å². The second-order valence-electron chi connectivity index (χ2n) is 5.58. The molecule has 186 valence electrons. The molecule has 0 saturated carbocycles. The van der Waals surface area contributed by atoms with Gasteiger partial charge in [0, 0.05) is 19.5 Å². The van der Waals surface area contributed by atoms with E-state index >= 15 is 0 Å². The number of alkyl halides is 12. The summed E-state index contributed by atoms with van der Waals surface area (Å²) in [4.78, 5) is 0. The zero-order valence-corrected chi connectivity index (χ0v) is 16.2. The number of nitrogens with one attached hydrogen (secondary N) is 1. The Morgan fingerprint density at radius 1 is 0.742 bits per heavy atom. The van der Waals surface area contributed by atoms with Crippen molar-refractivity contribution in [3.8, 4) is 0 Å². The van der Waals surface area contributed by atoms with Crippen LogP contribution in [0.4, 0.5) is 52.7 Å². The zero-order chi connectivity index (χ0) is 25.7. The first-order valence-electron chi connectivity index (χ1n) is 7.64. The number of hydrogen-bond acceptors (Lipinski definition) is 3. The van der Waals surface area contributed by atoms with E-state index < -0.39 is 51.4 Å². The number of rotatable bonds is 11. The van der Waals surface area contributed by atoms with Gasteiger partial charge in [-0.15, -0.1) is 13.2 Å². The van der Waals surface area contributed by atoms with Crippen molar-refractivity contribution in [2.45, 2.75) is 48.2 Å². The summed E-state index contributed by atoms with van der Waals surface area (Å²) in [5.74, 6) is -37.1. The number of halogens is 12. The molecule has 0 aromatic heterocycles. The maximum absolute atomic E-state index is 13.0. The van der Waals surface area contributed by atoms with Crippen LogP contribution in [-0.2, 0) is 10.1 Å². The Kier molecular flexibility index (Phi) is 10.2. The average molecular weight is 507 g/mol. The second kappa shape index (κ2) is 9.97. The molecule has 0 bridgehead atoms. The summed E-state index contributed by atoms with van der Waals surface area (Å²) in [6, 6.07) is 0. The lowest BCUT2D eigenvalue weighted by Gasteiger charge is -2.40. The van der Waals surface area contributed by atoms with Crippen LogP contribution < -0.4 is 5.32 Å². The third-order valence-corrected chi connectivity index (χ3v) is 4.26. The predicted octanol–water partition coefficient (Wildman–Crippen LogP) is 5.00. The van der Waals surface area contributed by atoms with Crippen molar-refractivity contribution >= 4 is 10.1 Å². The monoisotopic (exact) mass is 507 g/mol. The molecule has 0 atom stereocenters. The van der Waals surface area contributed by atoms with Crippen molar-refractivity contribution in [1.29, 1.82) is 0 Å². The van der Waals surface area contributed by atoms with E-state index in [4.69, 9.17) is 4.55 Å². The van der Waals surface area contributed by atoms with Crippen LogP contribution in [0.15, 0.2) is 25.3 Å². The van der Waals surface area contributed by atoms with E-state index in [0.717, 1.165) is 13.1 Å². The van der Waals surface area contributed by atoms with Crippen molar-refractivity contribution in [1.82, 2.24) is 5.32 Å². The van der Waals surface area contributed by atoms with Gasteiger partial charge in [-0.05, 0) is 0 Å². The highest BCUT2D eigenvalue weighted by molar-refractivity contribution is 7.87. The van der Waals surface area contributed by atoms with Crippen molar-refractivity contribution < 1.29 is 65.7 Å². The molecule has 2 N–H and O–H groups in total. The highest BCUT2D eigenvalue weighted by atomic mass is 32.2. The van der Waals surface area contributed by atoms with E-state index in [9.17, 15) is 61.1 Å². The summed E-state index contributed by atoms with van der Waals surface area (Å²) >= 11 is 0. The van der Waals surface area contributed by atoms with Gasteiger partial charge < -0.3 is 5.32 Å². The van der Waals surface area contributed by atoms with Crippen LogP contribution in [-0.4, -0.2) is 60.9 Å². The average Bonchev–Trinajstić information content (AvgIpc) is 2.60. The molecule has 0 radical (unpaired) electrons. The Hall–Kier alpha value is -1.49. The summed E-state index contributed by atoms with van der Waals surface area (Å²) in [6.45, 7) is 8.87. The Bertz CT molecular complexity index is 714. The molecule has 0 fully saturated rings. The minimum atomic E-state index is -8.01. The van der Waals surface area contributed by atoms with Crippen LogP contribution in [0.3, 0.4) is 0 Å². The lowest BCUT2D eigenvalue weighted by Crippen LogP contribution is -2.71.